The molecular weight excluding hydrogens is 318 g/mol. The van der Waals surface area contributed by atoms with Crippen LogP contribution in [-0.4, -0.2) is 37.9 Å². The lowest BCUT2D eigenvalue weighted by atomic mass is 10.2. The molecule has 2 rings (SSSR count). The van der Waals surface area contributed by atoms with E-state index >= 15 is 0 Å². The van der Waals surface area contributed by atoms with Crippen LogP contribution >= 0.6 is 0 Å². The van der Waals surface area contributed by atoms with Crippen molar-refractivity contribution in [3.8, 4) is 0 Å². The van der Waals surface area contributed by atoms with Gasteiger partial charge in [0.1, 0.15) is 0 Å². The van der Waals surface area contributed by atoms with E-state index in [4.69, 9.17) is 5.21 Å². The molecule has 140 valence electrons. The first kappa shape index (κ1) is 19.2. The first-order valence-corrected chi connectivity index (χ1v) is 9.43. The van der Waals surface area contributed by atoms with Gasteiger partial charge in [0.05, 0.1) is 11.9 Å². The van der Waals surface area contributed by atoms with Crippen molar-refractivity contribution in [1.82, 2.24) is 19.6 Å². The van der Waals surface area contributed by atoms with E-state index in [9.17, 15) is 0 Å². The molecule has 2 aromatic rings. The molecule has 0 aliphatic carbocycles. The number of unbranched alkanes of at least 4 members (excludes halogenated alkanes) is 6. The van der Waals surface area contributed by atoms with Gasteiger partial charge in [0, 0.05) is 13.1 Å². The summed E-state index contributed by atoms with van der Waals surface area (Å²) < 4.78 is 1.63. The molecule has 0 aliphatic heterocycles. The summed E-state index contributed by atoms with van der Waals surface area (Å²) >= 11 is 0. The quantitative estimate of drug-likeness (QED) is 0.321. The minimum Gasteiger partial charge on any atom is -0.381 e. The van der Waals surface area contributed by atoms with Gasteiger partial charge in [0.2, 0.25) is 0 Å². The second-order valence-corrected chi connectivity index (χ2v) is 6.25. The van der Waals surface area contributed by atoms with E-state index in [1.165, 1.54) is 38.5 Å². The fourth-order valence-electron chi connectivity index (χ4n) is 2.72. The molecule has 4 N–H and O–H groups in total. The molecule has 0 aromatic carbocycles. The van der Waals surface area contributed by atoms with E-state index < -0.39 is 0 Å². The third-order valence-electron chi connectivity index (χ3n) is 4.13. The molecule has 0 unspecified atom stereocenters. The van der Waals surface area contributed by atoms with Gasteiger partial charge in [-0.1, -0.05) is 52.4 Å². The molecule has 0 bridgehead atoms. The van der Waals surface area contributed by atoms with Crippen molar-refractivity contribution in [2.75, 3.05) is 29.2 Å². The number of fused-ring (bicyclic) bond motifs is 1. The Morgan fingerprint density at radius 1 is 0.960 bits per heavy atom. The predicted molar refractivity (Wildman–Crippen MR) is 101 cm³/mol. The molecule has 2 heterocycles. The first-order chi connectivity index (χ1) is 12.3. The number of nitrogens with zero attached hydrogens (tertiary/aromatic N) is 4. The van der Waals surface area contributed by atoms with E-state index in [1.54, 1.807) is 10.7 Å². The average molecular weight is 349 g/mol. The van der Waals surface area contributed by atoms with Crippen molar-refractivity contribution >= 4 is 23.2 Å². The molecule has 8 heteroatoms. The topological polar surface area (TPSA) is 99.4 Å². The van der Waals surface area contributed by atoms with E-state index in [1.807, 2.05) is 5.48 Å². The first-order valence-electron chi connectivity index (χ1n) is 9.43. The zero-order chi connectivity index (χ0) is 17.9. The number of rotatable bonds is 13. The smallest absolute Gasteiger partial charge is 0.268 e. The van der Waals surface area contributed by atoms with Crippen LogP contribution in [0, 0.1) is 0 Å². The number of nitrogens with one attached hydrogen (secondary N) is 3. The highest BCUT2D eigenvalue weighted by atomic mass is 16.5. The van der Waals surface area contributed by atoms with E-state index in [2.05, 4.69) is 39.5 Å². The van der Waals surface area contributed by atoms with Crippen molar-refractivity contribution in [1.29, 1.82) is 0 Å². The lowest BCUT2D eigenvalue weighted by Gasteiger charge is -2.14. The van der Waals surface area contributed by atoms with Crippen LogP contribution in [0.4, 0.5) is 17.5 Å². The van der Waals surface area contributed by atoms with Gasteiger partial charge in [-0.25, -0.2) is 10.5 Å². The van der Waals surface area contributed by atoms with Crippen LogP contribution in [0.1, 0.15) is 65.2 Å². The Labute approximate surface area is 149 Å². The fourth-order valence-corrected chi connectivity index (χ4v) is 2.72. The highest BCUT2D eigenvalue weighted by Crippen LogP contribution is 2.22. The predicted octanol–water partition coefficient (Wildman–Crippen LogP) is 3.91. The van der Waals surface area contributed by atoms with Crippen molar-refractivity contribution in [3.63, 3.8) is 0 Å². The summed E-state index contributed by atoms with van der Waals surface area (Å²) in [5.74, 6) is 1.43. The number of aromatic nitrogens is 4. The van der Waals surface area contributed by atoms with Crippen LogP contribution < -0.4 is 16.1 Å². The van der Waals surface area contributed by atoms with Crippen LogP contribution in [0.5, 0.6) is 0 Å². The summed E-state index contributed by atoms with van der Waals surface area (Å²) in [7, 11) is 0. The maximum atomic E-state index is 9.04. The summed E-state index contributed by atoms with van der Waals surface area (Å²) in [4.78, 5) is 8.44. The van der Waals surface area contributed by atoms with Crippen LogP contribution in [0.3, 0.4) is 0 Å². The number of anilines is 3. The van der Waals surface area contributed by atoms with Gasteiger partial charge < -0.3 is 10.6 Å². The lowest BCUT2D eigenvalue weighted by molar-refractivity contribution is 0.382. The normalized spacial score (nSPS) is 11.0. The van der Waals surface area contributed by atoms with Gasteiger partial charge >= 0.3 is 0 Å². The standard InChI is InChI=1S/C17H31N7O/c1-3-5-7-9-11-18-14-13-20-17-21-16(23-25)22-24(17)15(14)19-12-10-8-6-4-2/h13,18-19,25H,3-12H2,1-2H3,(H,22,23). The molecule has 0 atom stereocenters. The highest BCUT2D eigenvalue weighted by molar-refractivity contribution is 5.66. The van der Waals surface area contributed by atoms with Crippen LogP contribution in [0.15, 0.2) is 6.20 Å². The summed E-state index contributed by atoms with van der Waals surface area (Å²) in [6, 6.07) is 0. The van der Waals surface area contributed by atoms with Crippen molar-refractivity contribution in [2.24, 2.45) is 0 Å². The molecule has 0 radical (unpaired) electrons. The van der Waals surface area contributed by atoms with Crippen LogP contribution in [0.25, 0.3) is 5.78 Å². The summed E-state index contributed by atoms with van der Waals surface area (Å²) in [5.41, 5.74) is 2.89. The van der Waals surface area contributed by atoms with Gasteiger partial charge in [0.15, 0.2) is 5.82 Å². The SMILES string of the molecule is CCCCCCNc1cnc2nc(NO)nn2c1NCCCCCC. The van der Waals surface area contributed by atoms with E-state index in [0.29, 0.717) is 5.78 Å². The molecule has 2 aromatic heterocycles. The van der Waals surface area contributed by atoms with Gasteiger partial charge in [-0.15, -0.1) is 5.10 Å². The minimum absolute atomic E-state index is 0.140. The van der Waals surface area contributed by atoms with Crippen molar-refractivity contribution in [3.05, 3.63) is 6.20 Å². The van der Waals surface area contributed by atoms with Gasteiger partial charge in [0.25, 0.3) is 11.7 Å². The molecule has 0 saturated heterocycles. The molecular formula is C17H31N7O. The molecule has 0 spiro atoms. The minimum atomic E-state index is 0.140. The molecule has 0 amide bonds. The Kier molecular flexibility index (Phi) is 8.24. The summed E-state index contributed by atoms with van der Waals surface area (Å²) in [5, 5.41) is 20.2. The van der Waals surface area contributed by atoms with Gasteiger partial charge in [-0.2, -0.15) is 9.50 Å². The Balaban J connectivity index is 2.07. The Hall–Kier alpha value is -2.09. The summed E-state index contributed by atoms with van der Waals surface area (Å²) in [6.07, 6.45) is 11.4. The highest BCUT2D eigenvalue weighted by Gasteiger charge is 2.12. The second-order valence-electron chi connectivity index (χ2n) is 6.25. The third-order valence-corrected chi connectivity index (χ3v) is 4.13. The lowest BCUT2D eigenvalue weighted by Crippen LogP contribution is -2.12. The zero-order valence-electron chi connectivity index (χ0n) is 15.4. The average Bonchev–Trinajstić information content (AvgIpc) is 3.06. The molecule has 0 aliphatic rings. The maximum Gasteiger partial charge on any atom is 0.268 e. The number of hydrogen-bond donors (Lipinski definition) is 4. The maximum absolute atomic E-state index is 9.04. The van der Waals surface area contributed by atoms with Gasteiger partial charge in [-0.3, -0.25) is 5.21 Å². The van der Waals surface area contributed by atoms with Crippen molar-refractivity contribution < 1.29 is 5.21 Å². The number of hydrogen-bond acceptors (Lipinski definition) is 7. The molecule has 25 heavy (non-hydrogen) atoms. The summed E-state index contributed by atoms with van der Waals surface area (Å²) in [6.45, 7) is 6.19. The monoisotopic (exact) mass is 349 g/mol. The third kappa shape index (κ3) is 5.74. The Morgan fingerprint density at radius 2 is 1.64 bits per heavy atom. The van der Waals surface area contributed by atoms with E-state index in [0.717, 1.165) is 37.4 Å². The largest absolute Gasteiger partial charge is 0.381 e. The van der Waals surface area contributed by atoms with Crippen molar-refractivity contribution in [2.45, 2.75) is 65.2 Å². The Bertz CT molecular complexity index is 629. The van der Waals surface area contributed by atoms with E-state index in [-0.39, 0.29) is 5.95 Å². The zero-order valence-corrected chi connectivity index (χ0v) is 15.4. The fraction of sp³-hybridized carbons (Fsp3) is 0.706. The molecule has 0 fully saturated rings. The van der Waals surface area contributed by atoms with Crippen LogP contribution in [-0.2, 0) is 0 Å². The Morgan fingerprint density at radius 3 is 2.28 bits per heavy atom. The molecule has 8 nitrogen and oxygen atoms in total. The van der Waals surface area contributed by atoms with Gasteiger partial charge in [-0.05, 0) is 12.8 Å². The second kappa shape index (κ2) is 10.7. The molecule has 0 saturated carbocycles. The van der Waals surface area contributed by atoms with Crippen LogP contribution in [0.2, 0.25) is 0 Å².